The van der Waals surface area contributed by atoms with E-state index < -0.39 is 0 Å². The molecule has 1 aromatic heterocycles. The van der Waals surface area contributed by atoms with E-state index in [0.29, 0.717) is 6.04 Å². The third-order valence-corrected chi connectivity index (χ3v) is 3.70. The van der Waals surface area contributed by atoms with Crippen molar-refractivity contribution in [3.8, 4) is 0 Å². The monoisotopic (exact) mass is 221 g/mol. The maximum Gasteiger partial charge on any atom is 0.0665 e. The number of hydrogen-bond donors (Lipinski definition) is 1. The average molecular weight is 221 g/mol. The van der Waals surface area contributed by atoms with Gasteiger partial charge in [0.1, 0.15) is 0 Å². The van der Waals surface area contributed by atoms with Crippen LogP contribution in [0.5, 0.6) is 0 Å². The lowest BCUT2D eigenvalue weighted by atomic mass is 10.0. The van der Waals surface area contributed by atoms with Crippen molar-refractivity contribution in [2.45, 2.75) is 38.8 Å². The second-order valence-corrected chi connectivity index (χ2v) is 4.91. The predicted octanol–water partition coefficient (Wildman–Crippen LogP) is 1.56. The van der Waals surface area contributed by atoms with Gasteiger partial charge < -0.3 is 4.74 Å². The first-order valence-corrected chi connectivity index (χ1v) is 6.12. The summed E-state index contributed by atoms with van der Waals surface area (Å²) in [7, 11) is 0. The Bertz CT molecular complexity index is 364. The molecule has 1 aromatic rings. The second-order valence-electron chi connectivity index (χ2n) is 4.91. The van der Waals surface area contributed by atoms with Gasteiger partial charge in [0.25, 0.3) is 0 Å². The topological polar surface area (TPSA) is 41.1 Å². The molecule has 0 bridgehead atoms. The van der Waals surface area contributed by atoms with Gasteiger partial charge in [-0.3, -0.25) is 10.00 Å². The summed E-state index contributed by atoms with van der Waals surface area (Å²) in [6, 6.07) is 1.21. The summed E-state index contributed by atoms with van der Waals surface area (Å²) in [5.41, 5.74) is 3.67. The molecule has 1 saturated carbocycles. The van der Waals surface area contributed by atoms with Crippen LogP contribution in [-0.2, 0) is 4.74 Å². The minimum atomic E-state index is 0.417. The standard InChI is InChI=1S/C12H19N3O/c1-8-12(9(2)14-13-8)11-7-16-6-5-15(11)10-3-4-10/h10-11H,3-7H2,1-2H3,(H,13,14)/t11-/m0/s1. The number of rotatable bonds is 2. The third-order valence-electron chi connectivity index (χ3n) is 3.70. The highest BCUT2D eigenvalue weighted by Crippen LogP contribution is 2.37. The van der Waals surface area contributed by atoms with Gasteiger partial charge >= 0.3 is 0 Å². The Kier molecular flexibility index (Phi) is 2.48. The van der Waals surface area contributed by atoms with Crippen LogP contribution in [0.2, 0.25) is 0 Å². The van der Waals surface area contributed by atoms with E-state index in [1.165, 1.54) is 24.1 Å². The van der Waals surface area contributed by atoms with Gasteiger partial charge in [-0.25, -0.2) is 0 Å². The number of nitrogens with zero attached hydrogens (tertiary/aromatic N) is 2. The first kappa shape index (κ1) is 10.3. The fourth-order valence-corrected chi connectivity index (χ4v) is 2.76. The molecule has 1 aliphatic carbocycles. The van der Waals surface area contributed by atoms with E-state index in [0.717, 1.165) is 31.5 Å². The summed E-state index contributed by atoms with van der Waals surface area (Å²) in [4.78, 5) is 2.61. The predicted molar refractivity (Wildman–Crippen MR) is 61.3 cm³/mol. The largest absolute Gasteiger partial charge is 0.378 e. The number of aromatic nitrogens is 2. The smallest absolute Gasteiger partial charge is 0.0665 e. The number of nitrogens with one attached hydrogen (secondary N) is 1. The van der Waals surface area contributed by atoms with Crippen LogP contribution in [0.4, 0.5) is 0 Å². The van der Waals surface area contributed by atoms with Gasteiger partial charge in [-0.15, -0.1) is 0 Å². The van der Waals surface area contributed by atoms with Crippen LogP contribution >= 0.6 is 0 Å². The Morgan fingerprint density at radius 1 is 1.38 bits per heavy atom. The number of aromatic amines is 1. The average Bonchev–Trinajstić information content (AvgIpc) is 3.07. The Morgan fingerprint density at radius 2 is 2.19 bits per heavy atom. The number of hydrogen-bond acceptors (Lipinski definition) is 3. The van der Waals surface area contributed by atoms with Crippen LogP contribution in [0.1, 0.15) is 35.8 Å². The van der Waals surface area contributed by atoms with Gasteiger partial charge in [0.05, 0.1) is 24.9 Å². The number of aryl methyl sites for hydroxylation is 2. The van der Waals surface area contributed by atoms with Crippen LogP contribution in [0.3, 0.4) is 0 Å². The first-order chi connectivity index (χ1) is 7.77. The molecule has 0 radical (unpaired) electrons. The first-order valence-electron chi connectivity index (χ1n) is 6.12. The molecule has 2 heterocycles. The van der Waals surface area contributed by atoms with Crippen molar-refractivity contribution in [3.63, 3.8) is 0 Å². The highest BCUT2D eigenvalue weighted by molar-refractivity contribution is 5.28. The van der Waals surface area contributed by atoms with Crippen molar-refractivity contribution in [3.05, 3.63) is 17.0 Å². The summed E-state index contributed by atoms with van der Waals surface area (Å²) < 4.78 is 5.64. The lowest BCUT2D eigenvalue weighted by Gasteiger charge is -2.36. The minimum Gasteiger partial charge on any atom is -0.378 e. The van der Waals surface area contributed by atoms with E-state index in [1.807, 2.05) is 0 Å². The van der Waals surface area contributed by atoms with E-state index in [4.69, 9.17) is 4.74 Å². The van der Waals surface area contributed by atoms with Crippen molar-refractivity contribution in [2.24, 2.45) is 0 Å². The van der Waals surface area contributed by atoms with Crippen molar-refractivity contribution >= 4 is 0 Å². The summed E-state index contributed by atoms with van der Waals surface area (Å²) in [5, 5.41) is 7.38. The zero-order valence-corrected chi connectivity index (χ0v) is 9.99. The number of H-pyrrole nitrogens is 1. The third kappa shape index (κ3) is 1.66. The van der Waals surface area contributed by atoms with E-state index in [9.17, 15) is 0 Å². The Hall–Kier alpha value is -0.870. The summed E-state index contributed by atoms with van der Waals surface area (Å²) in [5.74, 6) is 0. The SMILES string of the molecule is Cc1n[nH]c(C)c1[C@@H]1COCCN1C1CC1. The van der Waals surface area contributed by atoms with Crippen LogP contribution in [0, 0.1) is 13.8 Å². The molecular formula is C12H19N3O. The van der Waals surface area contributed by atoms with Gasteiger partial charge in [-0.05, 0) is 26.7 Å². The minimum absolute atomic E-state index is 0.417. The molecule has 0 amide bonds. The fourth-order valence-electron chi connectivity index (χ4n) is 2.76. The lowest BCUT2D eigenvalue weighted by Crippen LogP contribution is -2.41. The van der Waals surface area contributed by atoms with Crippen molar-refractivity contribution < 1.29 is 4.74 Å². The fraction of sp³-hybridized carbons (Fsp3) is 0.750. The summed E-state index contributed by atoms with van der Waals surface area (Å²) in [6.07, 6.45) is 2.71. The van der Waals surface area contributed by atoms with E-state index in [2.05, 4.69) is 28.9 Å². The maximum atomic E-state index is 5.64. The zero-order chi connectivity index (χ0) is 11.1. The maximum absolute atomic E-state index is 5.64. The van der Waals surface area contributed by atoms with E-state index in [1.54, 1.807) is 0 Å². The number of ether oxygens (including phenoxy) is 1. The van der Waals surface area contributed by atoms with Gasteiger partial charge in [-0.2, -0.15) is 5.10 Å². The molecule has 1 aliphatic heterocycles. The van der Waals surface area contributed by atoms with Crippen molar-refractivity contribution in [2.75, 3.05) is 19.8 Å². The molecule has 2 aliphatic rings. The highest BCUT2D eigenvalue weighted by atomic mass is 16.5. The normalized spacial score (nSPS) is 27.2. The molecule has 0 aromatic carbocycles. The second kappa shape index (κ2) is 3.86. The molecule has 1 saturated heterocycles. The van der Waals surface area contributed by atoms with Gasteiger partial charge in [0, 0.05) is 23.8 Å². The molecule has 16 heavy (non-hydrogen) atoms. The highest BCUT2D eigenvalue weighted by Gasteiger charge is 2.37. The molecule has 2 fully saturated rings. The number of morpholine rings is 1. The van der Waals surface area contributed by atoms with Crippen LogP contribution < -0.4 is 0 Å². The molecular weight excluding hydrogens is 202 g/mol. The van der Waals surface area contributed by atoms with Crippen molar-refractivity contribution in [1.82, 2.24) is 15.1 Å². The quantitative estimate of drug-likeness (QED) is 0.824. The van der Waals surface area contributed by atoms with E-state index in [-0.39, 0.29) is 0 Å². The molecule has 0 unspecified atom stereocenters. The molecule has 1 atom stereocenters. The Balaban J connectivity index is 1.90. The molecule has 1 N–H and O–H groups in total. The molecule has 3 rings (SSSR count). The summed E-state index contributed by atoms with van der Waals surface area (Å²) in [6.45, 7) is 6.95. The summed E-state index contributed by atoms with van der Waals surface area (Å²) >= 11 is 0. The van der Waals surface area contributed by atoms with E-state index >= 15 is 0 Å². The van der Waals surface area contributed by atoms with Crippen molar-refractivity contribution in [1.29, 1.82) is 0 Å². The Labute approximate surface area is 96.0 Å². The Morgan fingerprint density at radius 3 is 2.81 bits per heavy atom. The van der Waals surface area contributed by atoms with Gasteiger partial charge in [0.2, 0.25) is 0 Å². The molecule has 4 nitrogen and oxygen atoms in total. The van der Waals surface area contributed by atoms with Gasteiger partial charge in [-0.1, -0.05) is 0 Å². The molecule has 4 heteroatoms. The lowest BCUT2D eigenvalue weighted by molar-refractivity contribution is -0.0132. The van der Waals surface area contributed by atoms with Crippen LogP contribution in [0.25, 0.3) is 0 Å². The van der Waals surface area contributed by atoms with Crippen LogP contribution in [-0.4, -0.2) is 40.9 Å². The molecule has 0 spiro atoms. The molecule has 88 valence electrons. The van der Waals surface area contributed by atoms with Gasteiger partial charge in [0.15, 0.2) is 0 Å². The zero-order valence-electron chi connectivity index (χ0n) is 9.99. The van der Waals surface area contributed by atoms with Crippen LogP contribution in [0.15, 0.2) is 0 Å².